The van der Waals surface area contributed by atoms with E-state index in [2.05, 4.69) is 0 Å². The van der Waals surface area contributed by atoms with Gasteiger partial charge < -0.3 is 15.6 Å². The highest BCUT2D eigenvalue weighted by Gasteiger charge is 2.19. The first-order chi connectivity index (χ1) is 10.1. The Morgan fingerprint density at radius 3 is 2.52 bits per heavy atom. The minimum absolute atomic E-state index is 0.0237. The smallest absolute Gasteiger partial charge is 0.312 e. The molecule has 4 nitrogen and oxygen atoms in total. The molecule has 0 saturated carbocycles. The van der Waals surface area contributed by atoms with E-state index < -0.39 is 11.9 Å². The number of halogens is 1. The second-order valence-electron chi connectivity index (χ2n) is 4.59. The van der Waals surface area contributed by atoms with Gasteiger partial charge in [0, 0.05) is 6.54 Å². The van der Waals surface area contributed by atoms with Crippen LogP contribution in [-0.2, 0) is 11.4 Å². The van der Waals surface area contributed by atoms with Crippen molar-refractivity contribution < 1.29 is 14.6 Å². The van der Waals surface area contributed by atoms with Crippen LogP contribution in [0.2, 0.25) is 5.02 Å². The number of aliphatic carboxylic acids is 1. The SMILES string of the molecule is NCC(C(=O)O)c1ccc(OCc2ccccc2)c(Cl)c1. The van der Waals surface area contributed by atoms with Gasteiger partial charge in [0.2, 0.25) is 0 Å². The third-order valence-corrected chi connectivity index (χ3v) is 3.42. The van der Waals surface area contributed by atoms with Gasteiger partial charge in [0.25, 0.3) is 0 Å². The lowest BCUT2D eigenvalue weighted by Crippen LogP contribution is -2.21. The van der Waals surface area contributed by atoms with Gasteiger partial charge in [0.1, 0.15) is 12.4 Å². The normalized spacial score (nSPS) is 11.9. The summed E-state index contributed by atoms with van der Waals surface area (Å²) in [4.78, 5) is 11.1. The number of hydrogen-bond donors (Lipinski definition) is 2. The summed E-state index contributed by atoms with van der Waals surface area (Å²) in [5.74, 6) is -1.21. The zero-order valence-corrected chi connectivity index (χ0v) is 12.1. The van der Waals surface area contributed by atoms with E-state index in [0.29, 0.717) is 22.9 Å². The van der Waals surface area contributed by atoms with Crippen molar-refractivity contribution in [2.45, 2.75) is 12.5 Å². The van der Waals surface area contributed by atoms with Gasteiger partial charge in [-0.1, -0.05) is 48.0 Å². The maximum absolute atomic E-state index is 11.1. The Morgan fingerprint density at radius 2 is 1.95 bits per heavy atom. The van der Waals surface area contributed by atoms with E-state index in [0.717, 1.165) is 5.56 Å². The lowest BCUT2D eigenvalue weighted by atomic mass is 9.99. The lowest BCUT2D eigenvalue weighted by molar-refractivity contribution is -0.138. The molecule has 2 aromatic rings. The zero-order chi connectivity index (χ0) is 15.2. The fourth-order valence-electron chi connectivity index (χ4n) is 1.97. The largest absolute Gasteiger partial charge is 0.487 e. The number of benzene rings is 2. The summed E-state index contributed by atoms with van der Waals surface area (Å²) in [6.45, 7) is 0.426. The molecule has 0 radical (unpaired) electrons. The lowest BCUT2D eigenvalue weighted by Gasteiger charge is -2.13. The van der Waals surface area contributed by atoms with Crippen molar-refractivity contribution in [1.29, 1.82) is 0 Å². The Bertz CT molecular complexity index is 616. The topological polar surface area (TPSA) is 72.6 Å². The van der Waals surface area contributed by atoms with Crippen LogP contribution in [0.3, 0.4) is 0 Å². The van der Waals surface area contributed by atoms with Crippen LogP contribution in [0.25, 0.3) is 0 Å². The van der Waals surface area contributed by atoms with E-state index >= 15 is 0 Å². The first kappa shape index (κ1) is 15.4. The number of rotatable bonds is 6. The molecular weight excluding hydrogens is 290 g/mol. The van der Waals surface area contributed by atoms with E-state index in [1.165, 1.54) is 0 Å². The molecule has 0 aliphatic rings. The highest BCUT2D eigenvalue weighted by atomic mass is 35.5. The average molecular weight is 306 g/mol. The molecule has 1 unspecified atom stereocenters. The molecule has 0 aliphatic heterocycles. The summed E-state index contributed by atoms with van der Waals surface area (Å²) in [7, 11) is 0. The Kier molecular flexibility index (Phi) is 5.20. The quantitative estimate of drug-likeness (QED) is 0.860. The molecule has 21 heavy (non-hydrogen) atoms. The number of hydrogen-bond acceptors (Lipinski definition) is 3. The Hall–Kier alpha value is -2.04. The van der Waals surface area contributed by atoms with E-state index in [9.17, 15) is 4.79 Å². The summed E-state index contributed by atoms with van der Waals surface area (Å²) < 4.78 is 5.64. The van der Waals surface area contributed by atoms with Gasteiger partial charge in [-0.3, -0.25) is 4.79 Å². The van der Waals surface area contributed by atoms with Crippen molar-refractivity contribution in [2.24, 2.45) is 5.73 Å². The molecule has 0 bridgehead atoms. The van der Waals surface area contributed by atoms with Crippen molar-refractivity contribution in [3.8, 4) is 5.75 Å². The molecule has 2 aromatic carbocycles. The minimum Gasteiger partial charge on any atom is -0.487 e. The Labute approximate surface area is 128 Å². The Balaban J connectivity index is 2.10. The highest BCUT2D eigenvalue weighted by Crippen LogP contribution is 2.29. The van der Waals surface area contributed by atoms with Gasteiger partial charge >= 0.3 is 5.97 Å². The number of carboxylic acid groups (broad SMARTS) is 1. The molecule has 3 N–H and O–H groups in total. The first-order valence-electron chi connectivity index (χ1n) is 6.51. The van der Waals surface area contributed by atoms with Gasteiger partial charge in [0.15, 0.2) is 0 Å². The van der Waals surface area contributed by atoms with Crippen LogP contribution in [0.1, 0.15) is 17.0 Å². The van der Waals surface area contributed by atoms with Crippen LogP contribution < -0.4 is 10.5 Å². The molecule has 0 amide bonds. The number of carboxylic acids is 1. The monoisotopic (exact) mass is 305 g/mol. The number of nitrogens with two attached hydrogens (primary N) is 1. The predicted molar refractivity (Wildman–Crippen MR) is 81.7 cm³/mol. The molecule has 0 spiro atoms. The molecule has 0 saturated heterocycles. The van der Waals surface area contributed by atoms with E-state index in [4.69, 9.17) is 27.2 Å². The maximum atomic E-state index is 11.1. The van der Waals surface area contributed by atoms with Crippen LogP contribution in [0, 0.1) is 0 Å². The summed E-state index contributed by atoms with van der Waals surface area (Å²) in [6, 6.07) is 14.7. The fourth-order valence-corrected chi connectivity index (χ4v) is 2.21. The summed E-state index contributed by atoms with van der Waals surface area (Å²) in [6.07, 6.45) is 0. The minimum atomic E-state index is -0.966. The summed E-state index contributed by atoms with van der Waals surface area (Å²) in [5, 5.41) is 9.46. The summed E-state index contributed by atoms with van der Waals surface area (Å²) in [5.41, 5.74) is 7.08. The second-order valence-corrected chi connectivity index (χ2v) is 5.00. The third kappa shape index (κ3) is 3.97. The molecule has 1 atom stereocenters. The van der Waals surface area contributed by atoms with Gasteiger partial charge in [-0.05, 0) is 23.3 Å². The molecule has 0 aliphatic carbocycles. The van der Waals surface area contributed by atoms with E-state index in [1.54, 1.807) is 18.2 Å². The molecular formula is C16H16ClNO3. The highest BCUT2D eigenvalue weighted by molar-refractivity contribution is 6.32. The van der Waals surface area contributed by atoms with Gasteiger partial charge in [-0.25, -0.2) is 0 Å². The van der Waals surface area contributed by atoms with Gasteiger partial charge in [-0.2, -0.15) is 0 Å². The standard InChI is InChI=1S/C16H16ClNO3/c17-14-8-12(13(9-18)16(19)20)6-7-15(14)21-10-11-4-2-1-3-5-11/h1-8,13H,9-10,18H2,(H,19,20). The summed E-state index contributed by atoms with van der Waals surface area (Å²) >= 11 is 6.14. The maximum Gasteiger partial charge on any atom is 0.312 e. The molecule has 0 aromatic heterocycles. The van der Waals surface area contributed by atoms with Crippen molar-refractivity contribution in [3.63, 3.8) is 0 Å². The molecule has 5 heteroatoms. The van der Waals surface area contributed by atoms with Crippen molar-refractivity contribution in [2.75, 3.05) is 6.54 Å². The van der Waals surface area contributed by atoms with Crippen LogP contribution in [0.4, 0.5) is 0 Å². The van der Waals surface area contributed by atoms with Crippen molar-refractivity contribution in [1.82, 2.24) is 0 Å². The predicted octanol–water partition coefficient (Wildman–Crippen LogP) is 3.05. The van der Waals surface area contributed by atoms with Crippen LogP contribution in [0.15, 0.2) is 48.5 Å². The van der Waals surface area contributed by atoms with E-state index in [1.807, 2.05) is 30.3 Å². The molecule has 0 fully saturated rings. The Morgan fingerprint density at radius 1 is 1.24 bits per heavy atom. The number of ether oxygens (including phenoxy) is 1. The fraction of sp³-hybridized carbons (Fsp3) is 0.188. The molecule has 2 rings (SSSR count). The average Bonchev–Trinajstić information content (AvgIpc) is 2.48. The van der Waals surface area contributed by atoms with Crippen molar-refractivity contribution in [3.05, 3.63) is 64.7 Å². The van der Waals surface area contributed by atoms with Crippen LogP contribution in [0.5, 0.6) is 5.75 Å². The van der Waals surface area contributed by atoms with Crippen LogP contribution in [-0.4, -0.2) is 17.6 Å². The van der Waals surface area contributed by atoms with E-state index in [-0.39, 0.29) is 6.54 Å². The first-order valence-corrected chi connectivity index (χ1v) is 6.88. The third-order valence-electron chi connectivity index (χ3n) is 3.13. The zero-order valence-electron chi connectivity index (χ0n) is 11.3. The van der Waals surface area contributed by atoms with Gasteiger partial charge in [-0.15, -0.1) is 0 Å². The molecule has 0 heterocycles. The van der Waals surface area contributed by atoms with Gasteiger partial charge in [0.05, 0.1) is 10.9 Å². The second kappa shape index (κ2) is 7.11. The molecule has 110 valence electrons. The van der Waals surface area contributed by atoms with Crippen LogP contribution >= 0.6 is 11.6 Å². The number of carbonyl (C=O) groups is 1. The van der Waals surface area contributed by atoms with Crippen molar-refractivity contribution >= 4 is 17.6 Å².